The Hall–Kier alpha value is -4.21. The number of aromatic nitrogens is 4. The molecule has 0 aliphatic rings. The number of aryl methyl sites for hydroxylation is 1. The molecule has 0 saturated carbocycles. The number of imidazole rings is 1. The maximum absolute atomic E-state index is 13.2. The van der Waals surface area contributed by atoms with E-state index in [-0.39, 0.29) is 11.4 Å². The molecule has 0 radical (unpaired) electrons. The fraction of sp³-hybridized carbons (Fsp3) is 0.167. The normalized spacial score (nSPS) is 12.4. The van der Waals surface area contributed by atoms with Gasteiger partial charge in [-0.2, -0.15) is 18.3 Å². The van der Waals surface area contributed by atoms with Crippen molar-refractivity contribution in [2.24, 2.45) is 0 Å². The number of H-pyrrole nitrogens is 1. The van der Waals surface area contributed by atoms with Gasteiger partial charge in [-0.3, -0.25) is 9.59 Å². The van der Waals surface area contributed by atoms with Crippen LogP contribution in [0.15, 0.2) is 77.9 Å². The lowest BCUT2D eigenvalue weighted by Gasteiger charge is -2.19. The van der Waals surface area contributed by atoms with E-state index in [0.29, 0.717) is 12.2 Å². The van der Waals surface area contributed by atoms with Gasteiger partial charge in [0.15, 0.2) is 5.69 Å². The van der Waals surface area contributed by atoms with Gasteiger partial charge < -0.3 is 10.3 Å². The minimum atomic E-state index is -4.54. The zero-order valence-corrected chi connectivity index (χ0v) is 18.0. The molecule has 2 aromatic heterocycles. The summed E-state index contributed by atoms with van der Waals surface area (Å²) in [6.45, 7) is 1.53. The van der Waals surface area contributed by atoms with Crippen LogP contribution in [0.1, 0.15) is 39.2 Å². The van der Waals surface area contributed by atoms with Crippen LogP contribution in [0.4, 0.5) is 13.2 Å². The second-order valence-electron chi connectivity index (χ2n) is 7.64. The Morgan fingerprint density at radius 1 is 1.12 bits per heavy atom. The maximum atomic E-state index is 13.2. The number of hydrogen-bond donors (Lipinski definition) is 2. The van der Waals surface area contributed by atoms with Crippen molar-refractivity contribution in [2.45, 2.75) is 25.6 Å². The molecule has 0 bridgehead atoms. The molecule has 4 rings (SSSR count). The average Bonchev–Trinajstić information content (AvgIpc) is 3.32. The van der Waals surface area contributed by atoms with E-state index in [9.17, 15) is 22.8 Å². The van der Waals surface area contributed by atoms with Gasteiger partial charge in [-0.15, -0.1) is 0 Å². The number of carbonyl (C=O) groups excluding carboxylic acids is 1. The number of halogens is 3. The fourth-order valence-electron chi connectivity index (χ4n) is 3.55. The van der Waals surface area contributed by atoms with Gasteiger partial charge >= 0.3 is 6.18 Å². The van der Waals surface area contributed by atoms with Crippen molar-refractivity contribution in [3.63, 3.8) is 0 Å². The number of aromatic amines is 1. The third-order valence-electron chi connectivity index (χ3n) is 5.20. The van der Waals surface area contributed by atoms with Crippen LogP contribution in [0, 0.1) is 6.92 Å². The van der Waals surface area contributed by atoms with E-state index in [1.807, 2.05) is 30.3 Å². The monoisotopic (exact) mass is 467 g/mol. The number of alkyl halides is 3. The first kappa shape index (κ1) is 23.0. The predicted octanol–water partition coefficient (Wildman–Crippen LogP) is 4.00. The van der Waals surface area contributed by atoms with Crippen LogP contribution < -0.4 is 10.7 Å². The quantitative estimate of drug-likeness (QED) is 0.448. The third-order valence-corrected chi connectivity index (χ3v) is 5.20. The van der Waals surface area contributed by atoms with E-state index >= 15 is 0 Å². The number of benzene rings is 2. The summed E-state index contributed by atoms with van der Waals surface area (Å²) in [5.41, 5.74) is -0.768. The van der Waals surface area contributed by atoms with Gasteiger partial charge in [0, 0.05) is 30.6 Å². The molecule has 2 heterocycles. The van der Waals surface area contributed by atoms with E-state index in [1.165, 1.54) is 25.1 Å². The summed E-state index contributed by atoms with van der Waals surface area (Å²) < 4.78 is 40.6. The molecule has 0 aliphatic carbocycles. The Labute approximate surface area is 192 Å². The molecule has 10 heteroatoms. The highest BCUT2D eigenvalue weighted by Gasteiger charge is 2.31. The molecule has 0 spiro atoms. The molecule has 0 fully saturated rings. The van der Waals surface area contributed by atoms with Gasteiger partial charge in [-0.25, -0.2) is 9.67 Å². The smallest absolute Gasteiger partial charge is 0.349 e. The van der Waals surface area contributed by atoms with Crippen LogP contribution >= 0.6 is 0 Å². The van der Waals surface area contributed by atoms with Crippen LogP contribution in [0.25, 0.3) is 5.69 Å². The third kappa shape index (κ3) is 5.06. The molecular formula is C24H20F3N5O2. The predicted molar refractivity (Wildman–Crippen MR) is 119 cm³/mol. The van der Waals surface area contributed by atoms with Gasteiger partial charge in [0.1, 0.15) is 5.82 Å². The molecule has 34 heavy (non-hydrogen) atoms. The first-order valence-electron chi connectivity index (χ1n) is 10.3. The lowest BCUT2D eigenvalue weighted by Crippen LogP contribution is -2.35. The summed E-state index contributed by atoms with van der Waals surface area (Å²) in [5.74, 6) is -0.112. The highest BCUT2D eigenvalue weighted by molar-refractivity contribution is 5.92. The number of nitrogens with one attached hydrogen (secondary N) is 2. The van der Waals surface area contributed by atoms with Crippen molar-refractivity contribution in [3.05, 3.63) is 112 Å². The Morgan fingerprint density at radius 2 is 1.88 bits per heavy atom. The SMILES string of the molecule is Cc1cc(=O)c(C(=O)NC(Cc2ncc[nH]2)c2ccccc2)nn1-c1cccc(C(F)(F)F)c1. The molecule has 0 aliphatic heterocycles. The highest BCUT2D eigenvalue weighted by Crippen LogP contribution is 2.30. The zero-order valence-electron chi connectivity index (χ0n) is 18.0. The van der Waals surface area contributed by atoms with Crippen molar-refractivity contribution >= 4 is 5.91 Å². The fourth-order valence-corrected chi connectivity index (χ4v) is 3.55. The van der Waals surface area contributed by atoms with E-state index in [1.54, 1.807) is 12.4 Å². The minimum absolute atomic E-state index is 0.0802. The second kappa shape index (κ2) is 9.34. The number of carbonyl (C=O) groups is 1. The van der Waals surface area contributed by atoms with Crippen molar-refractivity contribution < 1.29 is 18.0 Å². The molecule has 7 nitrogen and oxygen atoms in total. The zero-order chi connectivity index (χ0) is 24.3. The Balaban J connectivity index is 1.68. The number of amides is 1. The number of hydrogen-bond acceptors (Lipinski definition) is 4. The van der Waals surface area contributed by atoms with E-state index in [2.05, 4.69) is 20.4 Å². The van der Waals surface area contributed by atoms with Gasteiger partial charge in [0.2, 0.25) is 5.43 Å². The highest BCUT2D eigenvalue weighted by atomic mass is 19.4. The standard InChI is InChI=1S/C24H20F3N5O2/c1-15-12-20(33)22(31-32(15)18-9-5-8-17(13-18)24(25,26)27)23(34)30-19(14-21-28-10-11-29-21)16-6-3-2-4-7-16/h2-13,19H,14H2,1H3,(H,28,29)(H,30,34). The Kier molecular flexibility index (Phi) is 6.31. The van der Waals surface area contributed by atoms with Crippen molar-refractivity contribution in [2.75, 3.05) is 0 Å². The molecule has 0 saturated heterocycles. The van der Waals surface area contributed by atoms with Crippen molar-refractivity contribution in [1.82, 2.24) is 25.1 Å². The maximum Gasteiger partial charge on any atom is 0.416 e. The molecule has 174 valence electrons. The van der Waals surface area contributed by atoms with E-state index < -0.39 is 34.8 Å². The van der Waals surface area contributed by atoms with Crippen LogP contribution in [0.5, 0.6) is 0 Å². The van der Waals surface area contributed by atoms with Gasteiger partial charge in [-0.05, 0) is 30.7 Å². The average molecular weight is 467 g/mol. The van der Waals surface area contributed by atoms with E-state index in [4.69, 9.17) is 0 Å². The number of nitrogens with zero attached hydrogens (tertiary/aromatic N) is 3. The van der Waals surface area contributed by atoms with Crippen LogP contribution in [0.3, 0.4) is 0 Å². The summed E-state index contributed by atoms with van der Waals surface area (Å²) in [6.07, 6.45) is -0.961. The molecule has 1 unspecified atom stereocenters. The summed E-state index contributed by atoms with van der Waals surface area (Å²) >= 11 is 0. The summed E-state index contributed by atoms with van der Waals surface area (Å²) in [7, 11) is 0. The van der Waals surface area contributed by atoms with Crippen LogP contribution in [-0.4, -0.2) is 25.7 Å². The second-order valence-corrected chi connectivity index (χ2v) is 7.64. The van der Waals surface area contributed by atoms with Crippen molar-refractivity contribution in [1.29, 1.82) is 0 Å². The Bertz CT molecular complexity index is 1350. The summed E-state index contributed by atoms with van der Waals surface area (Å²) in [6, 6.07) is 14.3. The summed E-state index contributed by atoms with van der Waals surface area (Å²) in [5, 5.41) is 6.92. The first-order chi connectivity index (χ1) is 16.2. The Morgan fingerprint density at radius 3 is 2.56 bits per heavy atom. The molecule has 2 N–H and O–H groups in total. The topological polar surface area (TPSA) is 92.7 Å². The van der Waals surface area contributed by atoms with Crippen LogP contribution in [-0.2, 0) is 12.6 Å². The lowest BCUT2D eigenvalue weighted by atomic mass is 10.0. The van der Waals surface area contributed by atoms with Gasteiger partial charge in [-0.1, -0.05) is 36.4 Å². The first-order valence-corrected chi connectivity index (χ1v) is 10.3. The van der Waals surface area contributed by atoms with Gasteiger partial charge in [0.25, 0.3) is 5.91 Å². The molecule has 1 amide bonds. The largest absolute Gasteiger partial charge is 0.416 e. The van der Waals surface area contributed by atoms with E-state index in [0.717, 1.165) is 22.4 Å². The lowest BCUT2D eigenvalue weighted by molar-refractivity contribution is -0.137. The minimum Gasteiger partial charge on any atom is -0.349 e. The number of rotatable bonds is 6. The summed E-state index contributed by atoms with van der Waals surface area (Å²) in [4.78, 5) is 32.9. The molecule has 2 aromatic carbocycles. The molecular weight excluding hydrogens is 447 g/mol. The van der Waals surface area contributed by atoms with Crippen molar-refractivity contribution in [3.8, 4) is 5.69 Å². The van der Waals surface area contributed by atoms with Gasteiger partial charge in [0.05, 0.1) is 17.3 Å². The molecule has 1 atom stereocenters. The molecule has 4 aromatic rings. The van der Waals surface area contributed by atoms with Crippen LogP contribution in [0.2, 0.25) is 0 Å².